The van der Waals surface area contributed by atoms with Gasteiger partial charge in [0.25, 0.3) is 5.91 Å². The van der Waals surface area contributed by atoms with Gasteiger partial charge in [0.1, 0.15) is 6.10 Å². The van der Waals surface area contributed by atoms with E-state index >= 15 is 0 Å². The Morgan fingerprint density at radius 1 is 1.30 bits per heavy atom. The SMILES string of the molecule is CC#CC(=O)NC(CC1CCCCC1)C1COCCO1. The van der Waals surface area contributed by atoms with Gasteiger partial charge in [-0.25, -0.2) is 0 Å². The van der Waals surface area contributed by atoms with E-state index in [4.69, 9.17) is 9.47 Å². The van der Waals surface area contributed by atoms with Gasteiger partial charge >= 0.3 is 0 Å². The molecule has 20 heavy (non-hydrogen) atoms. The van der Waals surface area contributed by atoms with Crippen molar-refractivity contribution in [1.82, 2.24) is 5.32 Å². The minimum Gasteiger partial charge on any atom is -0.376 e. The van der Waals surface area contributed by atoms with Gasteiger partial charge in [-0.1, -0.05) is 38.0 Å². The summed E-state index contributed by atoms with van der Waals surface area (Å²) < 4.78 is 11.3. The van der Waals surface area contributed by atoms with Gasteiger partial charge in [0, 0.05) is 0 Å². The number of nitrogens with one attached hydrogen (secondary N) is 1. The average Bonchev–Trinajstić information content (AvgIpc) is 2.49. The van der Waals surface area contributed by atoms with E-state index in [-0.39, 0.29) is 18.1 Å². The van der Waals surface area contributed by atoms with Gasteiger partial charge in [-0.2, -0.15) is 0 Å². The summed E-state index contributed by atoms with van der Waals surface area (Å²) in [4.78, 5) is 11.8. The fourth-order valence-electron chi connectivity index (χ4n) is 3.14. The summed E-state index contributed by atoms with van der Waals surface area (Å²) in [5.74, 6) is 5.68. The molecule has 1 heterocycles. The summed E-state index contributed by atoms with van der Waals surface area (Å²) in [5, 5.41) is 3.02. The normalized spacial score (nSPS) is 25.4. The van der Waals surface area contributed by atoms with E-state index in [1.807, 2.05) is 0 Å². The molecule has 2 aliphatic rings. The minimum absolute atomic E-state index is 0.0201. The second kappa shape index (κ2) is 8.28. The lowest BCUT2D eigenvalue weighted by atomic mass is 9.83. The molecular weight excluding hydrogens is 254 g/mol. The highest BCUT2D eigenvalue weighted by Crippen LogP contribution is 2.28. The molecule has 0 bridgehead atoms. The van der Waals surface area contributed by atoms with E-state index in [0.29, 0.717) is 25.7 Å². The summed E-state index contributed by atoms with van der Waals surface area (Å²) in [6, 6.07) is 0.0201. The third-order valence-electron chi connectivity index (χ3n) is 4.16. The molecule has 0 spiro atoms. The summed E-state index contributed by atoms with van der Waals surface area (Å²) in [6.07, 6.45) is 7.43. The van der Waals surface area contributed by atoms with Crippen LogP contribution in [0.2, 0.25) is 0 Å². The van der Waals surface area contributed by atoms with Gasteiger partial charge in [0.2, 0.25) is 0 Å². The number of carbonyl (C=O) groups is 1. The van der Waals surface area contributed by atoms with Gasteiger partial charge in [-0.05, 0) is 25.2 Å². The molecule has 1 aliphatic heterocycles. The quantitative estimate of drug-likeness (QED) is 0.799. The van der Waals surface area contributed by atoms with Crippen LogP contribution in [0.1, 0.15) is 45.4 Å². The Morgan fingerprint density at radius 3 is 2.75 bits per heavy atom. The summed E-state index contributed by atoms with van der Waals surface area (Å²) in [6.45, 7) is 3.50. The van der Waals surface area contributed by atoms with Crippen LogP contribution in [0.4, 0.5) is 0 Å². The smallest absolute Gasteiger partial charge is 0.296 e. The van der Waals surface area contributed by atoms with Crippen LogP contribution in [0.3, 0.4) is 0 Å². The zero-order valence-corrected chi connectivity index (χ0v) is 12.3. The zero-order chi connectivity index (χ0) is 14.2. The number of hydrogen-bond acceptors (Lipinski definition) is 3. The van der Waals surface area contributed by atoms with Gasteiger partial charge in [0.05, 0.1) is 25.9 Å². The first-order valence-corrected chi connectivity index (χ1v) is 7.72. The zero-order valence-electron chi connectivity index (χ0n) is 12.3. The summed E-state index contributed by atoms with van der Waals surface area (Å²) in [5.41, 5.74) is 0. The number of ether oxygens (including phenoxy) is 2. The van der Waals surface area contributed by atoms with Crippen molar-refractivity contribution in [1.29, 1.82) is 0 Å². The second-order valence-electron chi connectivity index (χ2n) is 5.68. The third kappa shape index (κ3) is 4.81. The molecule has 4 heteroatoms. The van der Waals surface area contributed by atoms with Crippen LogP contribution >= 0.6 is 0 Å². The Hall–Kier alpha value is -1.05. The predicted octanol–water partition coefficient (Wildman–Crippen LogP) is 1.88. The molecule has 0 aromatic rings. The molecule has 4 nitrogen and oxygen atoms in total. The van der Waals surface area contributed by atoms with Crippen molar-refractivity contribution in [2.24, 2.45) is 5.92 Å². The van der Waals surface area contributed by atoms with Crippen LogP contribution in [-0.2, 0) is 14.3 Å². The van der Waals surface area contributed by atoms with Crippen molar-refractivity contribution in [3.63, 3.8) is 0 Å². The van der Waals surface area contributed by atoms with E-state index in [2.05, 4.69) is 17.2 Å². The van der Waals surface area contributed by atoms with Crippen LogP contribution in [0.5, 0.6) is 0 Å². The fraction of sp³-hybridized carbons (Fsp3) is 0.812. The molecule has 1 amide bonds. The van der Waals surface area contributed by atoms with Crippen molar-refractivity contribution < 1.29 is 14.3 Å². The molecule has 112 valence electrons. The Labute approximate surface area is 121 Å². The first-order chi connectivity index (χ1) is 9.79. The molecule has 0 radical (unpaired) electrons. The Kier molecular flexibility index (Phi) is 6.35. The number of carbonyl (C=O) groups excluding carboxylic acids is 1. The monoisotopic (exact) mass is 279 g/mol. The topological polar surface area (TPSA) is 47.6 Å². The number of hydrogen-bond donors (Lipinski definition) is 1. The minimum atomic E-state index is -0.206. The number of amides is 1. The molecule has 2 rings (SSSR count). The molecule has 2 fully saturated rings. The summed E-state index contributed by atoms with van der Waals surface area (Å²) >= 11 is 0. The van der Waals surface area contributed by atoms with Crippen LogP contribution < -0.4 is 5.32 Å². The second-order valence-corrected chi connectivity index (χ2v) is 5.68. The standard InChI is InChI=1S/C16H25NO3/c1-2-6-16(18)17-14(15-12-19-9-10-20-15)11-13-7-4-3-5-8-13/h13-15H,3-5,7-12H2,1H3,(H,17,18). The number of rotatable bonds is 4. The van der Waals surface area contributed by atoms with Crippen LogP contribution in [0.25, 0.3) is 0 Å². The molecule has 0 aromatic carbocycles. The molecule has 1 saturated heterocycles. The predicted molar refractivity (Wildman–Crippen MR) is 77.1 cm³/mol. The first-order valence-electron chi connectivity index (χ1n) is 7.72. The average molecular weight is 279 g/mol. The van der Waals surface area contributed by atoms with Crippen molar-refractivity contribution in [3.05, 3.63) is 0 Å². The Balaban J connectivity index is 1.93. The highest BCUT2D eigenvalue weighted by atomic mass is 16.6. The van der Waals surface area contributed by atoms with E-state index in [0.717, 1.165) is 6.42 Å². The molecule has 0 aromatic heterocycles. The Morgan fingerprint density at radius 2 is 2.10 bits per heavy atom. The van der Waals surface area contributed by atoms with Crippen LogP contribution in [-0.4, -0.2) is 37.9 Å². The maximum absolute atomic E-state index is 11.8. The van der Waals surface area contributed by atoms with E-state index < -0.39 is 0 Å². The highest BCUT2D eigenvalue weighted by Gasteiger charge is 2.29. The molecule has 1 aliphatic carbocycles. The van der Waals surface area contributed by atoms with Gasteiger partial charge in [0.15, 0.2) is 0 Å². The van der Waals surface area contributed by atoms with Gasteiger partial charge in [-0.15, -0.1) is 0 Å². The molecular formula is C16H25NO3. The lowest BCUT2D eigenvalue weighted by Crippen LogP contribution is -2.49. The molecule has 1 saturated carbocycles. The molecule has 1 N–H and O–H groups in total. The van der Waals surface area contributed by atoms with Crippen molar-refractivity contribution in [2.75, 3.05) is 19.8 Å². The first kappa shape index (κ1) is 15.3. The van der Waals surface area contributed by atoms with E-state index in [1.165, 1.54) is 32.1 Å². The van der Waals surface area contributed by atoms with E-state index in [1.54, 1.807) is 6.92 Å². The van der Waals surface area contributed by atoms with Gasteiger partial charge < -0.3 is 14.8 Å². The molecule has 2 unspecified atom stereocenters. The van der Waals surface area contributed by atoms with E-state index in [9.17, 15) is 4.79 Å². The third-order valence-corrected chi connectivity index (χ3v) is 4.16. The lowest BCUT2D eigenvalue weighted by Gasteiger charge is -2.33. The lowest BCUT2D eigenvalue weighted by molar-refractivity contribution is -0.124. The van der Waals surface area contributed by atoms with Crippen LogP contribution in [0.15, 0.2) is 0 Å². The maximum atomic E-state index is 11.8. The Bertz CT molecular complexity index is 360. The van der Waals surface area contributed by atoms with Crippen molar-refractivity contribution in [2.45, 2.75) is 57.6 Å². The highest BCUT2D eigenvalue weighted by molar-refractivity contribution is 5.93. The fourth-order valence-corrected chi connectivity index (χ4v) is 3.14. The molecule has 2 atom stereocenters. The van der Waals surface area contributed by atoms with Crippen LogP contribution in [0, 0.1) is 17.8 Å². The maximum Gasteiger partial charge on any atom is 0.296 e. The van der Waals surface area contributed by atoms with Crippen molar-refractivity contribution >= 4 is 5.91 Å². The summed E-state index contributed by atoms with van der Waals surface area (Å²) in [7, 11) is 0. The van der Waals surface area contributed by atoms with Crippen molar-refractivity contribution in [3.8, 4) is 11.8 Å². The van der Waals surface area contributed by atoms with Gasteiger partial charge in [-0.3, -0.25) is 4.79 Å². The largest absolute Gasteiger partial charge is 0.376 e.